The first kappa shape index (κ1) is 13.5. The molecule has 0 fully saturated rings. The largest absolute Gasteiger partial charge is 0.459 e. The van der Waals surface area contributed by atoms with Crippen LogP contribution in [0.25, 0.3) is 11.0 Å². The van der Waals surface area contributed by atoms with Gasteiger partial charge in [-0.2, -0.15) is 0 Å². The van der Waals surface area contributed by atoms with Crippen molar-refractivity contribution >= 4 is 44.2 Å². The van der Waals surface area contributed by atoms with Gasteiger partial charge in [-0.15, -0.1) is 0 Å². The number of benzene rings is 1. The van der Waals surface area contributed by atoms with Crippen molar-refractivity contribution < 1.29 is 4.42 Å². The molecule has 0 saturated carbocycles. The number of fused-ring (bicyclic) bond motifs is 1. The quantitative estimate of drug-likeness (QED) is 0.685. The lowest BCUT2D eigenvalue weighted by Gasteiger charge is -2.13. The second-order valence-electron chi connectivity index (χ2n) is 4.55. The maximum absolute atomic E-state index is 6.12. The summed E-state index contributed by atoms with van der Waals surface area (Å²) in [5.41, 5.74) is 1.66. The summed E-state index contributed by atoms with van der Waals surface area (Å²) in [5.74, 6) is 0.859. The van der Waals surface area contributed by atoms with Gasteiger partial charge in [0.05, 0.1) is 22.9 Å². The molecular weight excluding hydrogens is 340 g/mol. The Bertz CT molecular complexity index is 756. The van der Waals surface area contributed by atoms with Gasteiger partial charge in [0.1, 0.15) is 11.3 Å². The van der Waals surface area contributed by atoms with Crippen molar-refractivity contribution in [1.82, 2.24) is 4.98 Å². The number of nitrogens with zero attached hydrogens (tertiary/aromatic N) is 1. The molecule has 20 heavy (non-hydrogen) atoms. The van der Waals surface area contributed by atoms with E-state index in [0.717, 1.165) is 26.9 Å². The van der Waals surface area contributed by atoms with Gasteiger partial charge in [0, 0.05) is 16.1 Å². The van der Waals surface area contributed by atoms with Crippen LogP contribution in [0.4, 0.5) is 5.69 Å². The van der Waals surface area contributed by atoms with Gasteiger partial charge in [0.25, 0.3) is 0 Å². The molecular formula is C15H12BrClN2O. The Hall–Kier alpha value is -1.52. The number of furan rings is 1. The minimum atomic E-state index is 0.00266. The number of pyridine rings is 1. The number of nitrogens with one attached hydrogen (secondary N) is 1. The van der Waals surface area contributed by atoms with Crippen LogP contribution >= 0.6 is 27.5 Å². The second-order valence-corrected chi connectivity index (χ2v) is 5.88. The van der Waals surface area contributed by atoms with Crippen LogP contribution in [-0.4, -0.2) is 4.98 Å². The van der Waals surface area contributed by atoms with Crippen LogP contribution < -0.4 is 5.32 Å². The van der Waals surface area contributed by atoms with Crippen molar-refractivity contribution in [2.75, 3.05) is 5.32 Å². The van der Waals surface area contributed by atoms with E-state index >= 15 is 0 Å². The van der Waals surface area contributed by atoms with Crippen LogP contribution in [0.15, 0.2) is 51.6 Å². The van der Waals surface area contributed by atoms with Crippen LogP contribution in [-0.2, 0) is 0 Å². The summed E-state index contributed by atoms with van der Waals surface area (Å²) in [6.07, 6.45) is 3.37. The monoisotopic (exact) mass is 350 g/mol. The van der Waals surface area contributed by atoms with Crippen molar-refractivity contribution in [3.05, 3.63) is 58.0 Å². The first-order chi connectivity index (χ1) is 9.63. The number of aromatic nitrogens is 1. The van der Waals surface area contributed by atoms with E-state index in [4.69, 9.17) is 16.0 Å². The molecule has 0 bridgehead atoms. The van der Waals surface area contributed by atoms with E-state index in [9.17, 15) is 0 Å². The van der Waals surface area contributed by atoms with Crippen molar-refractivity contribution in [2.45, 2.75) is 13.0 Å². The summed E-state index contributed by atoms with van der Waals surface area (Å²) in [6.45, 7) is 2.02. The van der Waals surface area contributed by atoms with Crippen LogP contribution in [0.1, 0.15) is 18.7 Å². The molecule has 0 saturated heterocycles. The van der Waals surface area contributed by atoms with E-state index in [-0.39, 0.29) is 6.04 Å². The minimum absolute atomic E-state index is 0.00266. The Labute approximate surface area is 130 Å². The average molecular weight is 352 g/mol. The lowest BCUT2D eigenvalue weighted by molar-refractivity contribution is 0.526. The van der Waals surface area contributed by atoms with Crippen molar-refractivity contribution in [3.8, 4) is 0 Å². The average Bonchev–Trinajstić information content (AvgIpc) is 2.84. The van der Waals surface area contributed by atoms with Gasteiger partial charge in [-0.3, -0.25) is 4.98 Å². The molecule has 2 aromatic heterocycles. The third kappa shape index (κ3) is 2.67. The lowest BCUT2D eigenvalue weighted by atomic mass is 10.2. The zero-order valence-electron chi connectivity index (χ0n) is 10.7. The number of halogens is 2. The van der Waals surface area contributed by atoms with Gasteiger partial charge >= 0.3 is 0 Å². The highest BCUT2D eigenvalue weighted by Crippen LogP contribution is 2.29. The molecule has 3 nitrogen and oxygen atoms in total. The molecule has 0 aliphatic heterocycles. The number of rotatable bonds is 3. The van der Waals surface area contributed by atoms with E-state index in [1.807, 2.05) is 31.2 Å². The van der Waals surface area contributed by atoms with E-state index in [2.05, 4.69) is 26.2 Å². The molecule has 0 amide bonds. The Kier molecular flexibility index (Phi) is 3.68. The maximum atomic E-state index is 6.12. The fraction of sp³-hybridized carbons (Fsp3) is 0.133. The van der Waals surface area contributed by atoms with E-state index < -0.39 is 0 Å². The molecule has 1 atom stereocenters. The Morgan fingerprint density at radius 2 is 2.15 bits per heavy atom. The zero-order valence-corrected chi connectivity index (χ0v) is 13.1. The Balaban J connectivity index is 1.89. The molecule has 1 N–H and O–H groups in total. The Morgan fingerprint density at radius 1 is 1.30 bits per heavy atom. The van der Waals surface area contributed by atoms with E-state index in [1.165, 1.54) is 0 Å². The molecule has 0 aliphatic carbocycles. The summed E-state index contributed by atoms with van der Waals surface area (Å²) in [5, 5.41) is 5.02. The molecule has 1 aromatic carbocycles. The normalized spacial score (nSPS) is 12.6. The smallest absolute Gasteiger partial charge is 0.134 e. The summed E-state index contributed by atoms with van der Waals surface area (Å²) >= 11 is 9.57. The molecule has 3 aromatic rings. The minimum Gasteiger partial charge on any atom is -0.459 e. The second kappa shape index (κ2) is 5.46. The summed E-state index contributed by atoms with van der Waals surface area (Å²) in [4.78, 5) is 4.06. The van der Waals surface area contributed by atoms with Gasteiger partial charge in [-0.05, 0) is 37.3 Å². The molecule has 5 heteroatoms. The lowest BCUT2D eigenvalue weighted by Crippen LogP contribution is -2.06. The first-order valence-corrected chi connectivity index (χ1v) is 7.35. The van der Waals surface area contributed by atoms with Gasteiger partial charge in [0.15, 0.2) is 0 Å². The molecule has 102 valence electrons. The van der Waals surface area contributed by atoms with Crippen LogP contribution in [0.3, 0.4) is 0 Å². The topological polar surface area (TPSA) is 38.1 Å². The van der Waals surface area contributed by atoms with E-state index in [1.54, 1.807) is 18.5 Å². The van der Waals surface area contributed by atoms with Crippen LogP contribution in [0, 0.1) is 0 Å². The van der Waals surface area contributed by atoms with Crippen LogP contribution in [0.5, 0.6) is 0 Å². The van der Waals surface area contributed by atoms with Gasteiger partial charge in [-0.1, -0.05) is 27.5 Å². The highest BCUT2D eigenvalue weighted by Gasteiger charge is 2.13. The highest BCUT2D eigenvalue weighted by molar-refractivity contribution is 9.10. The highest BCUT2D eigenvalue weighted by atomic mass is 79.9. The maximum Gasteiger partial charge on any atom is 0.134 e. The molecule has 0 aliphatic rings. The van der Waals surface area contributed by atoms with Gasteiger partial charge in [0.2, 0.25) is 0 Å². The van der Waals surface area contributed by atoms with Crippen molar-refractivity contribution in [3.63, 3.8) is 0 Å². The summed E-state index contributed by atoms with van der Waals surface area (Å²) in [7, 11) is 0. The standard InChI is InChI=1S/C15H12BrClN2O/c1-9(19-13-8-18-5-4-12(13)17)15-7-10-6-11(16)2-3-14(10)20-15/h2-9,19H,1H3. The molecule has 1 unspecified atom stereocenters. The third-order valence-electron chi connectivity index (χ3n) is 3.06. The van der Waals surface area contributed by atoms with E-state index in [0.29, 0.717) is 5.02 Å². The zero-order chi connectivity index (χ0) is 14.1. The first-order valence-electron chi connectivity index (χ1n) is 6.18. The fourth-order valence-electron chi connectivity index (χ4n) is 2.04. The number of anilines is 1. The predicted molar refractivity (Wildman–Crippen MR) is 85.2 cm³/mol. The van der Waals surface area contributed by atoms with Gasteiger partial charge in [-0.25, -0.2) is 0 Å². The third-order valence-corrected chi connectivity index (χ3v) is 3.89. The van der Waals surface area contributed by atoms with Crippen LogP contribution in [0.2, 0.25) is 5.02 Å². The fourth-order valence-corrected chi connectivity index (χ4v) is 2.57. The number of hydrogen-bond donors (Lipinski definition) is 1. The molecule has 3 rings (SSSR count). The van der Waals surface area contributed by atoms with Crippen molar-refractivity contribution in [1.29, 1.82) is 0 Å². The van der Waals surface area contributed by atoms with Gasteiger partial charge < -0.3 is 9.73 Å². The van der Waals surface area contributed by atoms with Crippen molar-refractivity contribution in [2.24, 2.45) is 0 Å². The molecule has 2 heterocycles. The summed E-state index contributed by atoms with van der Waals surface area (Å²) < 4.78 is 6.89. The molecule has 0 radical (unpaired) electrons. The Morgan fingerprint density at radius 3 is 2.95 bits per heavy atom. The number of hydrogen-bond acceptors (Lipinski definition) is 3. The summed E-state index contributed by atoms with van der Waals surface area (Å²) in [6, 6.07) is 9.74. The predicted octanol–water partition coefficient (Wildman–Crippen LogP) is 5.42. The molecule has 0 spiro atoms. The SMILES string of the molecule is CC(Nc1cnccc1Cl)c1cc2cc(Br)ccc2o1.